The second-order valence-electron chi connectivity index (χ2n) is 14.2. The summed E-state index contributed by atoms with van der Waals surface area (Å²) in [5, 5.41) is 35.7. The van der Waals surface area contributed by atoms with Crippen molar-refractivity contribution in [2.45, 2.75) is 76.0 Å². The molecule has 0 radical (unpaired) electrons. The Kier molecular flexibility index (Phi) is 9.37. The average Bonchev–Trinajstić information content (AvgIpc) is 3.77. The number of hydrogen-bond acceptors (Lipinski definition) is 10. The molecule has 2 N–H and O–H groups in total. The topological polar surface area (TPSA) is 177 Å². The third-order valence-corrected chi connectivity index (χ3v) is 12.9. The highest BCUT2D eigenvalue weighted by atomic mass is 28.4. The minimum absolute atomic E-state index is 0.0508. The van der Waals surface area contributed by atoms with Crippen molar-refractivity contribution in [3.8, 4) is 0 Å². The van der Waals surface area contributed by atoms with Crippen LogP contribution in [-0.4, -0.2) is 68.4 Å². The molecule has 4 heterocycles. The van der Waals surface area contributed by atoms with Crippen molar-refractivity contribution in [1.29, 1.82) is 0 Å². The van der Waals surface area contributed by atoms with Gasteiger partial charge in [-0.2, -0.15) is 5.10 Å². The van der Waals surface area contributed by atoms with Gasteiger partial charge in [0.2, 0.25) is 5.91 Å². The van der Waals surface area contributed by atoms with Crippen molar-refractivity contribution in [1.82, 2.24) is 15.0 Å². The van der Waals surface area contributed by atoms with E-state index in [1.807, 2.05) is 68.5 Å². The largest absolute Gasteiger partial charge is 0.432 e. The van der Waals surface area contributed by atoms with E-state index in [0.717, 1.165) is 16.8 Å². The van der Waals surface area contributed by atoms with Gasteiger partial charge in [-0.15, -0.1) is 5.10 Å². The predicted molar refractivity (Wildman–Crippen MR) is 195 cm³/mol. The first-order valence-corrected chi connectivity index (χ1v) is 20.5. The molecule has 4 aromatic rings. The van der Waals surface area contributed by atoms with Gasteiger partial charge in [-0.1, -0.05) is 54.6 Å². The first kappa shape index (κ1) is 35.3. The summed E-state index contributed by atoms with van der Waals surface area (Å²) in [7, 11) is -2.99. The molecule has 1 spiro atoms. The van der Waals surface area contributed by atoms with Crippen molar-refractivity contribution in [3.63, 3.8) is 0 Å². The molecular weight excluding hydrogens is 683 g/mol. The minimum Gasteiger partial charge on any atom is -0.432 e. The number of aliphatic hydroxyl groups excluding tert-OH is 1. The van der Waals surface area contributed by atoms with E-state index in [1.54, 1.807) is 27.9 Å². The molecule has 52 heavy (non-hydrogen) atoms. The number of aryl methyl sites for hydroxylation is 1. The summed E-state index contributed by atoms with van der Waals surface area (Å²) in [5.74, 6) is -1.02. The minimum atomic E-state index is -2.99. The maximum Gasteiger partial charge on any atom is 0.269 e. The van der Waals surface area contributed by atoms with Crippen molar-refractivity contribution in [3.05, 3.63) is 111 Å². The molecule has 15 heteroatoms. The third kappa shape index (κ3) is 6.33. The number of non-ortho nitro benzene ring substituents is 1. The first-order valence-electron chi connectivity index (χ1n) is 17.5. The second-order valence-corrected chi connectivity index (χ2v) is 18.2. The van der Waals surface area contributed by atoms with Crippen LogP contribution in [0.3, 0.4) is 0 Å². The highest BCUT2D eigenvalue weighted by molar-refractivity contribution is 6.71. The Hall–Kier alpha value is -5.09. The summed E-state index contributed by atoms with van der Waals surface area (Å²) in [6.45, 7) is 5.98. The van der Waals surface area contributed by atoms with Gasteiger partial charge in [0.15, 0.2) is 13.9 Å². The van der Waals surface area contributed by atoms with Crippen LogP contribution in [0.15, 0.2) is 84.1 Å². The number of fused-ring (bicyclic) bond motifs is 2. The molecule has 270 valence electrons. The number of nitro groups is 1. The maximum atomic E-state index is 14.9. The van der Waals surface area contributed by atoms with E-state index >= 15 is 0 Å². The van der Waals surface area contributed by atoms with Crippen molar-refractivity contribution >= 4 is 42.9 Å². The van der Waals surface area contributed by atoms with E-state index in [4.69, 9.17) is 9.84 Å². The Morgan fingerprint density at radius 3 is 2.58 bits per heavy atom. The van der Waals surface area contributed by atoms with Crippen LogP contribution in [0.4, 0.5) is 17.1 Å². The summed E-state index contributed by atoms with van der Waals surface area (Å²) in [5.41, 5.74) is 2.44. The smallest absolute Gasteiger partial charge is 0.269 e. The Morgan fingerprint density at radius 2 is 1.85 bits per heavy atom. The fourth-order valence-corrected chi connectivity index (χ4v) is 10.7. The van der Waals surface area contributed by atoms with Crippen molar-refractivity contribution in [2.24, 2.45) is 11.0 Å². The standard InChI is InChI=1S/C37H41N7O7Si/c1-24-35(52(2,3)50)33(16-18-41-23-27(17-19-45)38-40-41)51-37(24)30-21-29(44(48)49)12-14-32(30)42(36(37)47)22-25-8-7-11-28(20-25)43-34(46)15-13-31(39-43)26-9-5-4-6-10-26/h4-12,14,20-21,23-24,33,35,45,50H,13,15-19,22H2,1-3H3/t24-,33+,35-,37+/m1/s1. The van der Waals surface area contributed by atoms with Gasteiger partial charge in [0.05, 0.1) is 40.4 Å². The molecule has 3 aliphatic rings. The van der Waals surface area contributed by atoms with E-state index in [-0.39, 0.29) is 30.7 Å². The average molecular weight is 724 g/mol. The molecule has 1 fully saturated rings. The van der Waals surface area contributed by atoms with Gasteiger partial charge in [0, 0.05) is 67.8 Å². The fraction of sp³-hybridized carbons (Fsp3) is 0.378. The molecule has 4 atom stereocenters. The van der Waals surface area contributed by atoms with Gasteiger partial charge < -0.3 is 19.5 Å². The number of rotatable bonds is 11. The van der Waals surface area contributed by atoms with E-state index in [1.165, 1.54) is 17.1 Å². The molecule has 7 rings (SSSR count). The zero-order chi connectivity index (χ0) is 36.8. The van der Waals surface area contributed by atoms with Crippen LogP contribution in [0.5, 0.6) is 0 Å². The van der Waals surface area contributed by atoms with Crippen LogP contribution in [0.2, 0.25) is 18.6 Å². The monoisotopic (exact) mass is 723 g/mol. The number of hydrazone groups is 1. The van der Waals surface area contributed by atoms with Gasteiger partial charge >= 0.3 is 0 Å². The van der Waals surface area contributed by atoms with Crippen LogP contribution < -0.4 is 9.91 Å². The van der Waals surface area contributed by atoms with Gasteiger partial charge in [0.25, 0.3) is 11.6 Å². The normalized spacial score (nSPS) is 23.0. The zero-order valence-electron chi connectivity index (χ0n) is 29.3. The lowest BCUT2D eigenvalue weighted by atomic mass is 9.82. The summed E-state index contributed by atoms with van der Waals surface area (Å²) >= 11 is 0. The summed E-state index contributed by atoms with van der Waals surface area (Å²) in [6, 6.07) is 21.4. The van der Waals surface area contributed by atoms with Crippen LogP contribution in [0, 0.1) is 16.0 Å². The molecule has 0 bridgehead atoms. The van der Waals surface area contributed by atoms with Crippen molar-refractivity contribution < 1.29 is 29.2 Å². The lowest BCUT2D eigenvalue weighted by Crippen LogP contribution is -2.46. The number of anilines is 2. The van der Waals surface area contributed by atoms with Crippen molar-refractivity contribution in [2.75, 3.05) is 16.5 Å². The van der Waals surface area contributed by atoms with Gasteiger partial charge in [-0.05, 0) is 48.8 Å². The van der Waals surface area contributed by atoms with E-state index < -0.39 is 36.4 Å². The number of carbonyl (C=O) groups excluding carboxylic acids is 2. The molecule has 1 saturated heterocycles. The SMILES string of the molecule is C[C@@H]1[C@@H]([Si](C)(C)O)[C@H](CCn2cc(CCO)nn2)O[C@@]12C(=O)N(Cc1cccc(N3N=C(c4ccccc4)CCC3=O)c1)c1ccc([N+](=O)[O-])cc12. The Bertz CT molecular complexity index is 2050. The van der Waals surface area contributed by atoms with Crippen LogP contribution in [0.25, 0.3) is 0 Å². The number of aliphatic hydroxyl groups is 1. The van der Waals surface area contributed by atoms with Gasteiger partial charge in [-0.3, -0.25) is 24.4 Å². The van der Waals surface area contributed by atoms with E-state index in [0.29, 0.717) is 54.9 Å². The Morgan fingerprint density at radius 1 is 1.06 bits per heavy atom. The quantitative estimate of drug-likeness (QED) is 0.126. The number of nitrogens with zero attached hydrogens (tertiary/aromatic N) is 7. The summed E-state index contributed by atoms with van der Waals surface area (Å²) < 4.78 is 8.51. The number of amides is 2. The first-order chi connectivity index (χ1) is 24.9. The van der Waals surface area contributed by atoms with Gasteiger partial charge in [-0.25, -0.2) is 5.01 Å². The Labute approximate surface area is 301 Å². The summed E-state index contributed by atoms with van der Waals surface area (Å²) in [4.78, 5) is 52.8. The second kappa shape index (κ2) is 13.8. The molecule has 14 nitrogen and oxygen atoms in total. The molecule has 0 aliphatic carbocycles. The van der Waals surface area contributed by atoms with Crippen LogP contribution >= 0.6 is 0 Å². The lowest BCUT2D eigenvalue weighted by Gasteiger charge is -2.32. The number of benzene rings is 3. The zero-order valence-corrected chi connectivity index (χ0v) is 30.3. The number of ether oxygens (including phenoxy) is 1. The molecule has 3 aromatic carbocycles. The molecule has 0 unspecified atom stereocenters. The molecule has 3 aliphatic heterocycles. The Balaban J connectivity index is 1.22. The predicted octanol–water partition coefficient (Wildman–Crippen LogP) is 4.69. The molecule has 0 saturated carbocycles. The fourth-order valence-electron chi connectivity index (χ4n) is 8.10. The molecular formula is C37H41N7O7Si. The van der Waals surface area contributed by atoms with Gasteiger partial charge in [0.1, 0.15) is 0 Å². The number of carbonyl (C=O) groups is 2. The third-order valence-electron chi connectivity index (χ3n) is 10.4. The van der Waals surface area contributed by atoms with Crippen LogP contribution in [-0.2, 0) is 39.4 Å². The van der Waals surface area contributed by atoms with E-state index in [2.05, 4.69) is 10.3 Å². The summed E-state index contributed by atoms with van der Waals surface area (Å²) in [6.07, 6.45) is 2.81. The highest BCUT2D eigenvalue weighted by Crippen LogP contribution is 2.60. The highest BCUT2D eigenvalue weighted by Gasteiger charge is 2.66. The number of hydrogen-bond donors (Lipinski definition) is 2. The number of nitro benzene ring substituents is 1. The lowest BCUT2D eigenvalue weighted by molar-refractivity contribution is -0.385. The van der Waals surface area contributed by atoms with Crippen LogP contribution in [0.1, 0.15) is 48.6 Å². The number of aromatic nitrogens is 3. The molecule has 1 aromatic heterocycles. The maximum absolute atomic E-state index is 14.9. The van der Waals surface area contributed by atoms with E-state index in [9.17, 15) is 29.6 Å². The molecule has 2 amide bonds.